The van der Waals surface area contributed by atoms with E-state index in [0.29, 0.717) is 28.7 Å². The van der Waals surface area contributed by atoms with Crippen molar-refractivity contribution in [1.29, 1.82) is 0 Å². The van der Waals surface area contributed by atoms with Gasteiger partial charge in [0, 0.05) is 38.0 Å². The van der Waals surface area contributed by atoms with Crippen LogP contribution in [0, 0.1) is 0 Å². The van der Waals surface area contributed by atoms with E-state index < -0.39 is 0 Å². The maximum absolute atomic E-state index is 13.7. The van der Waals surface area contributed by atoms with E-state index in [4.69, 9.17) is 23.2 Å². The van der Waals surface area contributed by atoms with Crippen LogP contribution in [0.25, 0.3) is 0 Å². The van der Waals surface area contributed by atoms with E-state index in [9.17, 15) is 9.59 Å². The molecule has 4 rings (SSSR count). The van der Waals surface area contributed by atoms with Crippen molar-refractivity contribution in [3.05, 3.63) is 90.0 Å². The molecule has 178 valence electrons. The first-order valence-corrected chi connectivity index (χ1v) is 13.7. The smallest absolute Gasteiger partial charge is 0.254 e. The molecule has 1 aliphatic heterocycles. The fraction of sp³-hybridized carbons (Fsp3) is 0.308. The fourth-order valence-corrected chi connectivity index (χ4v) is 5.95. The first-order chi connectivity index (χ1) is 16.4. The molecule has 1 aromatic heterocycles. The average Bonchev–Trinajstić information content (AvgIpc) is 3.30. The molecule has 8 heteroatoms. The molecule has 0 fully saturated rings. The molecule has 0 unspecified atom stereocenters. The standard InChI is InChI=1S/C26H25BrCl2N2O2S/c1-2-3-12-30(26(33)17-4-6-18(27)7-5-17)16-24(32)31-13-10-23-21(11-14-34-23)25(31)20-9-8-19(28)15-22(20)29/h4-9,11,14-15,25H,2-3,10,12-13,16H2,1H3/t25-/m0/s1. The molecule has 0 aliphatic carbocycles. The van der Waals surface area contributed by atoms with Gasteiger partial charge in [-0.25, -0.2) is 0 Å². The fourth-order valence-electron chi connectivity index (χ4n) is 4.27. The summed E-state index contributed by atoms with van der Waals surface area (Å²) >= 11 is 17.9. The van der Waals surface area contributed by atoms with Crippen molar-refractivity contribution in [2.75, 3.05) is 19.6 Å². The summed E-state index contributed by atoms with van der Waals surface area (Å²) in [5.41, 5.74) is 2.51. The van der Waals surface area contributed by atoms with Gasteiger partial charge in [0.15, 0.2) is 0 Å². The Bertz CT molecular complexity index is 1180. The molecule has 2 heterocycles. The third-order valence-electron chi connectivity index (χ3n) is 6.03. The van der Waals surface area contributed by atoms with Crippen LogP contribution in [-0.2, 0) is 11.2 Å². The molecular formula is C26H25BrCl2N2O2S. The van der Waals surface area contributed by atoms with Crippen LogP contribution in [0.3, 0.4) is 0 Å². The maximum atomic E-state index is 13.7. The van der Waals surface area contributed by atoms with Crippen LogP contribution in [0.2, 0.25) is 10.0 Å². The lowest BCUT2D eigenvalue weighted by Crippen LogP contribution is -2.47. The number of fused-ring (bicyclic) bond motifs is 1. The highest BCUT2D eigenvalue weighted by Crippen LogP contribution is 2.41. The van der Waals surface area contributed by atoms with Gasteiger partial charge in [0.1, 0.15) is 6.54 Å². The molecular weight excluding hydrogens is 555 g/mol. The number of hydrogen-bond acceptors (Lipinski definition) is 3. The van der Waals surface area contributed by atoms with E-state index in [1.165, 1.54) is 4.88 Å². The quantitative estimate of drug-likeness (QED) is 0.296. The number of carbonyl (C=O) groups is 2. The normalized spacial score (nSPS) is 15.2. The molecule has 2 aromatic carbocycles. The van der Waals surface area contributed by atoms with Crippen LogP contribution in [-0.4, -0.2) is 41.2 Å². The van der Waals surface area contributed by atoms with Crippen molar-refractivity contribution >= 4 is 62.3 Å². The van der Waals surface area contributed by atoms with Crippen molar-refractivity contribution in [3.8, 4) is 0 Å². The minimum Gasteiger partial charge on any atom is -0.330 e. The summed E-state index contributed by atoms with van der Waals surface area (Å²) in [6.07, 6.45) is 2.55. The Morgan fingerprint density at radius 1 is 1.12 bits per heavy atom. The van der Waals surface area contributed by atoms with Crippen molar-refractivity contribution in [1.82, 2.24) is 9.80 Å². The van der Waals surface area contributed by atoms with Gasteiger partial charge in [-0.15, -0.1) is 11.3 Å². The highest BCUT2D eigenvalue weighted by Gasteiger charge is 2.35. The summed E-state index contributed by atoms with van der Waals surface area (Å²) in [5.74, 6) is -0.224. The summed E-state index contributed by atoms with van der Waals surface area (Å²) in [4.78, 5) is 31.8. The minimum absolute atomic E-state index is 0.0239. The number of nitrogens with zero attached hydrogens (tertiary/aromatic N) is 2. The van der Waals surface area contributed by atoms with E-state index in [1.54, 1.807) is 40.5 Å². The van der Waals surface area contributed by atoms with E-state index in [0.717, 1.165) is 34.9 Å². The van der Waals surface area contributed by atoms with Gasteiger partial charge in [0.2, 0.25) is 5.91 Å². The van der Waals surface area contributed by atoms with Crippen LogP contribution in [0.1, 0.15) is 52.2 Å². The van der Waals surface area contributed by atoms with Crippen LogP contribution < -0.4 is 0 Å². The lowest BCUT2D eigenvalue weighted by atomic mass is 9.93. The molecule has 1 atom stereocenters. The number of hydrogen-bond donors (Lipinski definition) is 0. The molecule has 3 aromatic rings. The summed E-state index contributed by atoms with van der Waals surface area (Å²) in [6.45, 7) is 3.20. The second kappa shape index (κ2) is 11.3. The largest absolute Gasteiger partial charge is 0.330 e. The molecule has 4 nitrogen and oxygen atoms in total. The van der Waals surface area contributed by atoms with Gasteiger partial charge in [-0.1, -0.05) is 58.5 Å². The highest BCUT2D eigenvalue weighted by atomic mass is 79.9. The summed E-state index contributed by atoms with van der Waals surface area (Å²) < 4.78 is 0.905. The highest BCUT2D eigenvalue weighted by molar-refractivity contribution is 9.10. The van der Waals surface area contributed by atoms with Crippen LogP contribution in [0.5, 0.6) is 0 Å². The molecule has 0 radical (unpaired) electrons. The van der Waals surface area contributed by atoms with Gasteiger partial charge in [-0.05, 0) is 71.8 Å². The van der Waals surface area contributed by atoms with Gasteiger partial charge in [-0.2, -0.15) is 0 Å². The number of benzene rings is 2. The molecule has 0 bridgehead atoms. The number of unbranched alkanes of at least 4 members (excludes halogenated alkanes) is 1. The van der Waals surface area contributed by atoms with Gasteiger partial charge in [0.25, 0.3) is 5.91 Å². The predicted octanol–water partition coefficient (Wildman–Crippen LogP) is 7.23. The van der Waals surface area contributed by atoms with Crippen LogP contribution >= 0.6 is 50.5 Å². The van der Waals surface area contributed by atoms with Gasteiger partial charge in [-0.3, -0.25) is 9.59 Å². The van der Waals surface area contributed by atoms with Crippen LogP contribution in [0.4, 0.5) is 0 Å². The number of halogens is 3. The Morgan fingerprint density at radius 2 is 1.88 bits per heavy atom. The Hall–Kier alpha value is -1.86. The maximum Gasteiger partial charge on any atom is 0.254 e. The third-order valence-corrected chi connectivity index (χ3v) is 8.12. The van der Waals surface area contributed by atoms with Gasteiger partial charge >= 0.3 is 0 Å². The van der Waals surface area contributed by atoms with Gasteiger partial charge < -0.3 is 9.80 Å². The lowest BCUT2D eigenvalue weighted by Gasteiger charge is -2.38. The predicted molar refractivity (Wildman–Crippen MR) is 143 cm³/mol. The van der Waals surface area contributed by atoms with E-state index in [2.05, 4.69) is 34.3 Å². The molecule has 0 saturated carbocycles. The molecule has 0 spiro atoms. The Kier molecular flexibility index (Phi) is 8.35. The first kappa shape index (κ1) is 25.2. The summed E-state index contributed by atoms with van der Waals surface area (Å²) in [6, 6.07) is 14.4. The zero-order valence-corrected chi connectivity index (χ0v) is 22.7. The Balaban J connectivity index is 1.63. The van der Waals surface area contributed by atoms with Crippen molar-refractivity contribution in [2.45, 2.75) is 32.2 Å². The number of thiophene rings is 1. The zero-order valence-electron chi connectivity index (χ0n) is 18.8. The zero-order chi connectivity index (χ0) is 24.2. The third kappa shape index (κ3) is 5.51. The van der Waals surface area contributed by atoms with E-state index in [1.807, 2.05) is 23.1 Å². The topological polar surface area (TPSA) is 40.6 Å². The number of rotatable bonds is 7. The molecule has 0 saturated heterocycles. The molecule has 34 heavy (non-hydrogen) atoms. The van der Waals surface area contributed by atoms with Gasteiger partial charge in [0.05, 0.1) is 6.04 Å². The monoisotopic (exact) mass is 578 g/mol. The molecule has 0 N–H and O–H groups in total. The Morgan fingerprint density at radius 3 is 2.59 bits per heavy atom. The minimum atomic E-state index is -0.303. The van der Waals surface area contributed by atoms with Crippen LogP contribution in [0.15, 0.2) is 58.4 Å². The van der Waals surface area contributed by atoms with Crippen molar-refractivity contribution in [2.24, 2.45) is 0 Å². The van der Waals surface area contributed by atoms with Crippen molar-refractivity contribution in [3.63, 3.8) is 0 Å². The van der Waals surface area contributed by atoms with E-state index in [-0.39, 0.29) is 24.4 Å². The number of carbonyl (C=O) groups excluding carboxylic acids is 2. The second-order valence-corrected chi connectivity index (χ2v) is 11.1. The molecule has 1 aliphatic rings. The summed E-state index contributed by atoms with van der Waals surface area (Å²) in [5, 5.41) is 3.14. The number of amides is 2. The molecule has 2 amide bonds. The second-order valence-electron chi connectivity index (χ2n) is 8.29. The van der Waals surface area contributed by atoms with Crippen molar-refractivity contribution < 1.29 is 9.59 Å². The average molecular weight is 580 g/mol. The Labute approximate surface area is 222 Å². The SMILES string of the molecule is CCCCN(CC(=O)N1CCc2sccc2[C@@H]1c1ccc(Cl)cc1Cl)C(=O)c1ccc(Br)cc1. The first-order valence-electron chi connectivity index (χ1n) is 11.2. The lowest BCUT2D eigenvalue weighted by molar-refractivity contribution is -0.134. The summed E-state index contributed by atoms with van der Waals surface area (Å²) in [7, 11) is 0. The van der Waals surface area contributed by atoms with E-state index >= 15 is 0 Å².